The molecule has 4 aromatic carbocycles. The second kappa shape index (κ2) is 12.1. The Morgan fingerprint density at radius 2 is 1.27 bits per heavy atom. The normalized spacial score (nSPS) is 11.3. The number of nitrogens with one attached hydrogen (secondary N) is 3. The van der Waals surface area contributed by atoms with Gasteiger partial charge >= 0.3 is 0 Å². The second-order valence-electron chi connectivity index (χ2n) is 8.50. The van der Waals surface area contributed by atoms with Gasteiger partial charge in [0.1, 0.15) is 5.25 Å². The summed E-state index contributed by atoms with van der Waals surface area (Å²) in [4.78, 5) is 38.0. The molecule has 0 bridgehead atoms. The lowest BCUT2D eigenvalue weighted by molar-refractivity contribution is -0.116. The van der Waals surface area contributed by atoms with Crippen LogP contribution in [0.15, 0.2) is 108 Å². The smallest absolute Gasteiger partial charge is 0.255 e. The maximum absolute atomic E-state index is 13.3. The van der Waals surface area contributed by atoms with Gasteiger partial charge < -0.3 is 16.0 Å². The van der Waals surface area contributed by atoms with Crippen molar-refractivity contribution >= 4 is 46.5 Å². The first-order chi connectivity index (χ1) is 17.9. The standard InChI is InChI=1S/C30H27N3O3S/c1-20-7-6-10-23(19-20)29(35)32-26-15-17-27(18-16-26)37-28(22-8-4-3-5-9-22)30(36)33-25-13-11-24(12-14-25)31-21(2)34/h3-19,28H,1-2H3,(H,31,34)(H,32,35)(H,33,36). The molecular weight excluding hydrogens is 482 g/mol. The molecule has 37 heavy (non-hydrogen) atoms. The van der Waals surface area contributed by atoms with Crippen molar-refractivity contribution in [3.63, 3.8) is 0 Å². The minimum absolute atomic E-state index is 0.155. The number of aryl methyl sites for hydroxylation is 1. The Bertz CT molecular complexity index is 1390. The number of hydrogen-bond donors (Lipinski definition) is 3. The summed E-state index contributed by atoms with van der Waals surface area (Å²) in [6.07, 6.45) is 0. The molecule has 0 spiro atoms. The molecule has 0 fully saturated rings. The van der Waals surface area contributed by atoms with Crippen LogP contribution >= 0.6 is 11.8 Å². The monoisotopic (exact) mass is 509 g/mol. The molecule has 4 rings (SSSR count). The zero-order chi connectivity index (χ0) is 26.2. The summed E-state index contributed by atoms with van der Waals surface area (Å²) in [5.74, 6) is -0.492. The lowest BCUT2D eigenvalue weighted by Crippen LogP contribution is -2.19. The molecule has 4 aromatic rings. The molecule has 3 amide bonds. The van der Waals surface area contributed by atoms with Crippen molar-refractivity contribution in [1.82, 2.24) is 0 Å². The van der Waals surface area contributed by atoms with E-state index in [1.165, 1.54) is 18.7 Å². The van der Waals surface area contributed by atoms with Crippen LogP contribution < -0.4 is 16.0 Å². The van der Waals surface area contributed by atoms with E-state index in [2.05, 4.69) is 16.0 Å². The molecule has 0 radical (unpaired) electrons. The fraction of sp³-hybridized carbons (Fsp3) is 0.100. The van der Waals surface area contributed by atoms with E-state index in [9.17, 15) is 14.4 Å². The summed E-state index contributed by atoms with van der Waals surface area (Å²) in [5.41, 5.74) is 4.47. The molecule has 7 heteroatoms. The number of hydrogen-bond acceptors (Lipinski definition) is 4. The molecule has 186 valence electrons. The SMILES string of the molecule is CC(=O)Nc1ccc(NC(=O)C(Sc2ccc(NC(=O)c3cccc(C)c3)cc2)c2ccccc2)cc1. The van der Waals surface area contributed by atoms with Crippen LogP contribution in [-0.2, 0) is 9.59 Å². The van der Waals surface area contributed by atoms with Crippen LogP contribution in [-0.4, -0.2) is 17.7 Å². The molecule has 0 aliphatic rings. The van der Waals surface area contributed by atoms with Crippen LogP contribution in [0.5, 0.6) is 0 Å². The first kappa shape index (κ1) is 25.7. The number of anilines is 3. The van der Waals surface area contributed by atoms with E-state index >= 15 is 0 Å². The number of carbonyl (C=O) groups excluding carboxylic acids is 3. The maximum atomic E-state index is 13.3. The molecule has 0 aromatic heterocycles. The molecule has 0 heterocycles. The average molecular weight is 510 g/mol. The molecule has 0 saturated heterocycles. The Morgan fingerprint density at radius 1 is 0.676 bits per heavy atom. The lowest BCUT2D eigenvalue weighted by Gasteiger charge is -2.17. The van der Waals surface area contributed by atoms with Gasteiger partial charge in [-0.1, -0.05) is 48.0 Å². The van der Waals surface area contributed by atoms with Gasteiger partial charge in [-0.3, -0.25) is 14.4 Å². The third kappa shape index (κ3) is 7.32. The van der Waals surface area contributed by atoms with Crippen molar-refractivity contribution in [2.75, 3.05) is 16.0 Å². The highest BCUT2D eigenvalue weighted by Gasteiger charge is 2.22. The maximum Gasteiger partial charge on any atom is 0.255 e. The summed E-state index contributed by atoms with van der Waals surface area (Å²) in [6, 6.07) is 31.4. The van der Waals surface area contributed by atoms with Gasteiger partial charge in [-0.2, -0.15) is 0 Å². The Labute approximate surface area is 220 Å². The molecule has 0 aliphatic heterocycles. The highest BCUT2D eigenvalue weighted by Crippen LogP contribution is 2.36. The molecular formula is C30H27N3O3S. The van der Waals surface area contributed by atoms with E-state index in [-0.39, 0.29) is 17.7 Å². The summed E-state index contributed by atoms with van der Waals surface area (Å²) in [7, 11) is 0. The highest BCUT2D eigenvalue weighted by atomic mass is 32.2. The Morgan fingerprint density at radius 3 is 1.89 bits per heavy atom. The second-order valence-corrected chi connectivity index (χ2v) is 9.68. The number of amides is 3. The fourth-order valence-electron chi connectivity index (χ4n) is 3.69. The van der Waals surface area contributed by atoms with E-state index in [4.69, 9.17) is 0 Å². The van der Waals surface area contributed by atoms with E-state index in [0.717, 1.165) is 16.0 Å². The van der Waals surface area contributed by atoms with Gasteiger partial charge in [0.05, 0.1) is 0 Å². The van der Waals surface area contributed by atoms with Gasteiger partial charge in [-0.15, -0.1) is 11.8 Å². The predicted octanol–water partition coefficient (Wildman–Crippen LogP) is 6.68. The van der Waals surface area contributed by atoms with Gasteiger partial charge in [0.2, 0.25) is 11.8 Å². The molecule has 1 atom stereocenters. The number of rotatable bonds is 8. The summed E-state index contributed by atoms with van der Waals surface area (Å²) in [5, 5.41) is 8.10. The van der Waals surface area contributed by atoms with E-state index in [1.807, 2.05) is 79.7 Å². The van der Waals surface area contributed by atoms with Crippen LogP contribution in [0.2, 0.25) is 0 Å². The van der Waals surface area contributed by atoms with Crippen molar-refractivity contribution < 1.29 is 14.4 Å². The Hall–Kier alpha value is -4.36. The van der Waals surface area contributed by atoms with Gasteiger partial charge in [0.25, 0.3) is 5.91 Å². The van der Waals surface area contributed by atoms with Gasteiger partial charge in [-0.05, 0) is 73.2 Å². The predicted molar refractivity (Wildman–Crippen MR) is 150 cm³/mol. The summed E-state index contributed by atoms with van der Waals surface area (Å²) < 4.78 is 0. The lowest BCUT2D eigenvalue weighted by atomic mass is 10.1. The topological polar surface area (TPSA) is 87.3 Å². The van der Waals surface area contributed by atoms with Crippen LogP contribution in [0.4, 0.5) is 17.1 Å². The van der Waals surface area contributed by atoms with Crippen LogP contribution in [0.1, 0.15) is 33.7 Å². The highest BCUT2D eigenvalue weighted by molar-refractivity contribution is 8.00. The third-order valence-electron chi connectivity index (χ3n) is 5.46. The number of thioether (sulfide) groups is 1. The summed E-state index contributed by atoms with van der Waals surface area (Å²) >= 11 is 1.42. The Kier molecular flexibility index (Phi) is 8.38. The largest absolute Gasteiger partial charge is 0.326 e. The van der Waals surface area contributed by atoms with Crippen LogP contribution in [0.25, 0.3) is 0 Å². The van der Waals surface area contributed by atoms with Crippen molar-refractivity contribution in [2.45, 2.75) is 24.0 Å². The fourth-order valence-corrected chi connectivity index (χ4v) is 4.72. The zero-order valence-corrected chi connectivity index (χ0v) is 21.3. The quantitative estimate of drug-likeness (QED) is 0.231. The molecule has 0 aliphatic carbocycles. The van der Waals surface area contributed by atoms with Gasteiger partial charge in [-0.25, -0.2) is 0 Å². The van der Waals surface area contributed by atoms with Crippen LogP contribution in [0.3, 0.4) is 0 Å². The van der Waals surface area contributed by atoms with E-state index < -0.39 is 5.25 Å². The molecule has 1 unspecified atom stereocenters. The minimum Gasteiger partial charge on any atom is -0.326 e. The van der Waals surface area contributed by atoms with Crippen LogP contribution in [0, 0.1) is 6.92 Å². The zero-order valence-electron chi connectivity index (χ0n) is 20.5. The van der Waals surface area contributed by atoms with E-state index in [0.29, 0.717) is 22.6 Å². The van der Waals surface area contributed by atoms with Crippen molar-refractivity contribution in [3.8, 4) is 0 Å². The first-order valence-corrected chi connectivity index (χ1v) is 12.6. The summed E-state index contributed by atoms with van der Waals surface area (Å²) in [6.45, 7) is 3.39. The number of benzene rings is 4. The molecule has 3 N–H and O–H groups in total. The Balaban J connectivity index is 1.46. The van der Waals surface area contributed by atoms with Crippen molar-refractivity contribution in [1.29, 1.82) is 0 Å². The minimum atomic E-state index is -0.496. The van der Waals surface area contributed by atoms with Crippen molar-refractivity contribution in [3.05, 3.63) is 120 Å². The number of carbonyl (C=O) groups is 3. The van der Waals surface area contributed by atoms with E-state index in [1.54, 1.807) is 30.3 Å². The third-order valence-corrected chi connectivity index (χ3v) is 6.73. The van der Waals surface area contributed by atoms with Crippen molar-refractivity contribution in [2.24, 2.45) is 0 Å². The van der Waals surface area contributed by atoms with Gasteiger partial charge in [0.15, 0.2) is 0 Å². The molecule has 6 nitrogen and oxygen atoms in total. The average Bonchev–Trinajstić information content (AvgIpc) is 2.89. The first-order valence-electron chi connectivity index (χ1n) is 11.8. The molecule has 0 saturated carbocycles. The van der Waals surface area contributed by atoms with Gasteiger partial charge in [0, 0.05) is 34.4 Å².